The molecule has 6 rings (SSSR count). The van der Waals surface area contributed by atoms with Crippen molar-refractivity contribution in [1.82, 2.24) is 0 Å². The molecule has 0 heterocycles. The van der Waals surface area contributed by atoms with E-state index in [0.717, 1.165) is 0 Å². The van der Waals surface area contributed by atoms with Crippen molar-refractivity contribution in [3.05, 3.63) is 130 Å². The number of rotatable bonds is 4. The van der Waals surface area contributed by atoms with Crippen molar-refractivity contribution in [3.8, 4) is 22.3 Å². The van der Waals surface area contributed by atoms with Gasteiger partial charge in [0.25, 0.3) is 0 Å². The summed E-state index contributed by atoms with van der Waals surface area (Å²) >= 11 is 0. The molecular weight excluding hydrogens is 719 g/mol. The van der Waals surface area contributed by atoms with Crippen LogP contribution in [-0.4, -0.2) is 8.80 Å². The van der Waals surface area contributed by atoms with E-state index in [4.69, 9.17) is 0 Å². The fourth-order valence-corrected chi connectivity index (χ4v) is 8.58. The molecule has 0 bridgehead atoms. The molecule has 0 nitrogen and oxygen atoms in total. The number of hydrogen-bond acceptors (Lipinski definition) is 0. The minimum Gasteiger partial charge on any atom is -1.00 e. The Morgan fingerprint density at radius 2 is 1.15 bits per heavy atom. The molecule has 1 aliphatic carbocycles. The summed E-state index contributed by atoms with van der Waals surface area (Å²) in [4.78, 5) is 0. The van der Waals surface area contributed by atoms with Crippen molar-refractivity contribution in [2.75, 3.05) is 0 Å². The van der Waals surface area contributed by atoms with Crippen LogP contribution >= 0.6 is 0 Å². The quantitative estimate of drug-likeness (QED) is 0.135. The molecule has 2 radical (unpaired) electrons. The van der Waals surface area contributed by atoms with E-state index in [2.05, 4.69) is 179 Å². The third-order valence-electron chi connectivity index (χ3n) is 9.42. The molecule has 0 saturated heterocycles. The number of benzene rings is 4. The third-order valence-corrected chi connectivity index (χ3v) is 11.3. The second kappa shape index (κ2) is 16.7. The van der Waals surface area contributed by atoms with Crippen LogP contribution in [0.15, 0.2) is 103 Å². The van der Waals surface area contributed by atoms with Gasteiger partial charge in [-0.1, -0.05) is 158 Å². The van der Waals surface area contributed by atoms with Gasteiger partial charge in [0.1, 0.15) is 0 Å². The molecule has 0 aliphatic heterocycles. The molecule has 0 N–H and O–H groups in total. The van der Waals surface area contributed by atoms with E-state index < -0.39 is 0 Å². The van der Waals surface area contributed by atoms with E-state index in [9.17, 15) is 0 Å². The fraction of sp³-hybridized carbons (Fsp3) is 0.341. The van der Waals surface area contributed by atoms with Crippen molar-refractivity contribution in [2.24, 2.45) is 0 Å². The maximum atomic E-state index is 2.42. The molecule has 1 aliphatic rings. The summed E-state index contributed by atoms with van der Waals surface area (Å²) in [6.07, 6.45) is 2.42. The first-order chi connectivity index (χ1) is 21.1. The van der Waals surface area contributed by atoms with E-state index >= 15 is 0 Å². The molecule has 48 heavy (non-hydrogen) atoms. The first-order valence-corrected chi connectivity index (χ1v) is 19.2. The first kappa shape index (κ1) is 42.1. The average molecular weight is 771 g/mol. The maximum Gasteiger partial charge on any atom is 3.00 e. The normalized spacial score (nSPS) is 13.9. The molecular formula is C44H52Cl2SiZr. The standard InChI is InChI=1S/C22H27Si.C22H25.2ClH.Zr/c1-15-14-20-18(8-7-9-19(20)21(15)23(5)6)16-10-12-17(13-11-16)22(2,3)4;1-15(2)18-13-17-7-6-8-20(21(17)14-18)16-9-11-19(12-10-16)22(3,4)5;;;/h7-14,21H,1-6H3;6-15H,1-5H3;2*1H;/q;-1;;;+3/p-2. The zero-order valence-corrected chi connectivity index (χ0v) is 35.7. The second-order valence-electron chi connectivity index (χ2n) is 15.6. The number of halogens is 2. The van der Waals surface area contributed by atoms with Crippen molar-refractivity contribution in [3.63, 3.8) is 0 Å². The molecule has 1 unspecified atom stereocenters. The Morgan fingerprint density at radius 3 is 1.62 bits per heavy atom. The monoisotopic (exact) mass is 768 g/mol. The summed E-state index contributed by atoms with van der Waals surface area (Å²) in [5, 5.41) is 2.72. The molecule has 1 atom stereocenters. The van der Waals surface area contributed by atoms with Crippen molar-refractivity contribution >= 4 is 25.6 Å². The number of allylic oxidation sites excluding steroid dienone is 1. The third kappa shape index (κ3) is 9.17. The van der Waals surface area contributed by atoms with Gasteiger partial charge in [-0.15, -0.1) is 34.5 Å². The predicted octanol–water partition coefficient (Wildman–Crippen LogP) is 7.10. The van der Waals surface area contributed by atoms with Crippen LogP contribution in [0.2, 0.25) is 13.1 Å². The van der Waals surface area contributed by atoms with Gasteiger partial charge in [0.2, 0.25) is 0 Å². The van der Waals surface area contributed by atoms with Gasteiger partial charge in [0, 0.05) is 0 Å². The van der Waals surface area contributed by atoms with Gasteiger partial charge < -0.3 is 24.8 Å². The van der Waals surface area contributed by atoms with Crippen LogP contribution in [0.4, 0.5) is 0 Å². The van der Waals surface area contributed by atoms with Crippen LogP contribution < -0.4 is 24.8 Å². The summed E-state index contributed by atoms with van der Waals surface area (Å²) in [5.41, 5.74) is 15.2. The average Bonchev–Trinajstić information content (AvgIpc) is 3.57. The molecule has 250 valence electrons. The Balaban J connectivity index is 0.000000314. The Kier molecular flexibility index (Phi) is 14.7. The maximum absolute atomic E-state index is 2.42. The van der Waals surface area contributed by atoms with Crippen LogP contribution in [0.5, 0.6) is 0 Å². The second-order valence-corrected chi connectivity index (χ2v) is 18.3. The molecule has 0 aromatic heterocycles. The van der Waals surface area contributed by atoms with E-state index in [1.54, 1.807) is 5.56 Å². The van der Waals surface area contributed by atoms with Gasteiger partial charge in [0.15, 0.2) is 0 Å². The summed E-state index contributed by atoms with van der Waals surface area (Å²) in [7, 11) is -0.365. The Morgan fingerprint density at radius 1 is 0.667 bits per heavy atom. The van der Waals surface area contributed by atoms with Crippen LogP contribution in [0.3, 0.4) is 0 Å². The molecule has 4 heteroatoms. The molecule has 5 aromatic carbocycles. The Bertz CT molecular complexity index is 1810. The fourth-order valence-electron chi connectivity index (χ4n) is 6.71. The summed E-state index contributed by atoms with van der Waals surface area (Å²) in [6, 6.07) is 36.3. The van der Waals surface area contributed by atoms with Gasteiger partial charge >= 0.3 is 26.2 Å². The number of hydrogen-bond donors (Lipinski definition) is 0. The van der Waals surface area contributed by atoms with Gasteiger partial charge in [0.05, 0.1) is 8.80 Å². The predicted molar refractivity (Wildman–Crippen MR) is 202 cm³/mol. The molecule has 0 spiro atoms. The van der Waals surface area contributed by atoms with Crippen LogP contribution in [0.1, 0.15) is 102 Å². The molecule has 0 saturated carbocycles. The van der Waals surface area contributed by atoms with Gasteiger partial charge in [-0.2, -0.15) is 6.07 Å². The van der Waals surface area contributed by atoms with Crippen LogP contribution in [-0.2, 0) is 37.0 Å². The minimum absolute atomic E-state index is 0. The van der Waals surface area contributed by atoms with Crippen LogP contribution in [0, 0.1) is 0 Å². The Hall–Kier alpha value is -2.09. The van der Waals surface area contributed by atoms with Crippen molar-refractivity contribution in [2.45, 2.75) is 97.7 Å². The molecule has 5 aromatic rings. The Labute approximate surface area is 324 Å². The van der Waals surface area contributed by atoms with Crippen molar-refractivity contribution in [1.29, 1.82) is 0 Å². The zero-order valence-electron chi connectivity index (χ0n) is 30.7. The summed E-state index contributed by atoms with van der Waals surface area (Å²) < 4.78 is 0. The van der Waals surface area contributed by atoms with Crippen molar-refractivity contribution < 1.29 is 51.0 Å². The van der Waals surface area contributed by atoms with Crippen LogP contribution in [0.25, 0.3) is 39.1 Å². The van der Waals surface area contributed by atoms with Gasteiger partial charge in [-0.25, -0.2) is 0 Å². The molecule has 0 fully saturated rings. The van der Waals surface area contributed by atoms with E-state index in [1.807, 2.05) is 0 Å². The molecule has 0 amide bonds. The zero-order chi connectivity index (χ0) is 32.7. The topological polar surface area (TPSA) is 0 Å². The SMILES string of the molecule is CC(C)c1cc2c(-c3ccc(C(C)(C)C)cc3)cccc2[cH-]1.CC1=Cc2c(-c3ccc(C(C)(C)C)cc3)cccc2C1[Si](C)C.[Cl-].[Cl-].[Zr+3]. The van der Waals surface area contributed by atoms with E-state index in [-0.39, 0.29) is 70.6 Å². The smallest absolute Gasteiger partial charge is 1.00 e. The minimum atomic E-state index is -0.365. The summed E-state index contributed by atoms with van der Waals surface area (Å²) in [5.74, 6) is 0.573. The van der Waals surface area contributed by atoms with E-state index in [0.29, 0.717) is 11.5 Å². The van der Waals surface area contributed by atoms with Gasteiger partial charge in [-0.3, -0.25) is 0 Å². The summed E-state index contributed by atoms with van der Waals surface area (Å²) in [6.45, 7) is 25.2. The van der Waals surface area contributed by atoms with Gasteiger partial charge in [-0.05, 0) is 68.2 Å². The van der Waals surface area contributed by atoms with E-state index in [1.165, 1.54) is 60.9 Å². The largest absolute Gasteiger partial charge is 3.00 e. The first-order valence-electron chi connectivity index (χ1n) is 16.7. The number of fused-ring (bicyclic) bond motifs is 2.